The predicted octanol–water partition coefficient (Wildman–Crippen LogP) is 4.30. The van der Waals surface area contributed by atoms with Gasteiger partial charge in [0.05, 0.1) is 0 Å². The van der Waals surface area contributed by atoms with Crippen LogP contribution in [0.25, 0.3) is 21.2 Å². The van der Waals surface area contributed by atoms with Gasteiger partial charge in [-0.05, 0) is 52.2 Å². The molecule has 1 aliphatic heterocycles. The maximum absolute atomic E-state index is 5.41. The van der Waals surface area contributed by atoms with E-state index in [1.807, 2.05) is 12.1 Å². The van der Waals surface area contributed by atoms with Crippen molar-refractivity contribution in [1.29, 1.82) is 0 Å². The van der Waals surface area contributed by atoms with E-state index in [1.54, 1.807) is 11.3 Å². The maximum atomic E-state index is 5.41. The molecule has 2 nitrogen and oxygen atoms in total. The van der Waals surface area contributed by atoms with Gasteiger partial charge in [-0.1, -0.05) is 12.1 Å². The highest BCUT2D eigenvalue weighted by atomic mass is 32.1. The summed E-state index contributed by atoms with van der Waals surface area (Å²) in [6.07, 6.45) is 0. The van der Waals surface area contributed by atoms with Crippen LogP contribution in [-0.4, -0.2) is 6.79 Å². The van der Waals surface area contributed by atoms with Crippen LogP contribution < -0.4 is 9.47 Å². The highest BCUT2D eigenvalue weighted by molar-refractivity contribution is 7.17. The fraction of sp³-hybridized carbons (Fsp3) is 0.0667. The maximum Gasteiger partial charge on any atom is 0.231 e. The second-order valence-electron chi connectivity index (χ2n) is 4.24. The summed E-state index contributed by atoms with van der Waals surface area (Å²) >= 11 is 1.77. The number of hydrogen-bond donors (Lipinski definition) is 0. The van der Waals surface area contributed by atoms with E-state index in [4.69, 9.17) is 9.47 Å². The van der Waals surface area contributed by atoms with Crippen molar-refractivity contribution in [2.24, 2.45) is 0 Å². The molecule has 88 valence electrons. The van der Waals surface area contributed by atoms with Gasteiger partial charge < -0.3 is 9.47 Å². The number of rotatable bonds is 1. The average Bonchev–Trinajstić information content (AvgIpc) is 3.05. The lowest BCUT2D eigenvalue weighted by Crippen LogP contribution is -1.92. The zero-order valence-electron chi connectivity index (χ0n) is 9.55. The zero-order chi connectivity index (χ0) is 11.9. The smallest absolute Gasteiger partial charge is 0.231 e. The molecule has 4 rings (SSSR count). The summed E-state index contributed by atoms with van der Waals surface area (Å²) in [5.41, 5.74) is 2.37. The minimum Gasteiger partial charge on any atom is -0.454 e. The van der Waals surface area contributed by atoms with Crippen molar-refractivity contribution >= 4 is 21.4 Å². The molecular formula is C15H10O2S. The molecule has 0 saturated carbocycles. The summed E-state index contributed by atoms with van der Waals surface area (Å²) in [5, 5.41) is 3.41. The van der Waals surface area contributed by atoms with E-state index in [9.17, 15) is 0 Å². The predicted molar refractivity (Wildman–Crippen MR) is 73.4 cm³/mol. The van der Waals surface area contributed by atoms with Gasteiger partial charge >= 0.3 is 0 Å². The molecule has 2 aromatic carbocycles. The molecule has 0 bridgehead atoms. The Labute approximate surface area is 108 Å². The topological polar surface area (TPSA) is 18.5 Å². The standard InChI is InChI=1S/C15H10O2S/c1-3-13-14(17-9-16-13)8-11(1)10-2-4-15-12(7-10)5-6-18-15/h1-8H,9H2. The molecule has 0 saturated heterocycles. The van der Waals surface area contributed by atoms with Crippen LogP contribution in [0.4, 0.5) is 0 Å². The van der Waals surface area contributed by atoms with Gasteiger partial charge in [0.25, 0.3) is 0 Å². The quantitative estimate of drug-likeness (QED) is 0.644. The number of thiophene rings is 1. The van der Waals surface area contributed by atoms with E-state index in [0.717, 1.165) is 17.1 Å². The van der Waals surface area contributed by atoms with E-state index in [1.165, 1.54) is 15.6 Å². The molecule has 0 aliphatic carbocycles. The van der Waals surface area contributed by atoms with E-state index in [0.29, 0.717) is 6.79 Å². The van der Waals surface area contributed by atoms with E-state index >= 15 is 0 Å². The van der Waals surface area contributed by atoms with Crippen LogP contribution in [-0.2, 0) is 0 Å². The SMILES string of the molecule is c1cc2cc(-c3ccc4c(c3)OCO4)ccc2s1. The van der Waals surface area contributed by atoms with Gasteiger partial charge in [-0.2, -0.15) is 0 Å². The minimum atomic E-state index is 0.322. The second kappa shape index (κ2) is 3.75. The van der Waals surface area contributed by atoms with Crippen molar-refractivity contribution in [1.82, 2.24) is 0 Å². The molecule has 3 heteroatoms. The van der Waals surface area contributed by atoms with Gasteiger partial charge in [-0.25, -0.2) is 0 Å². The molecule has 0 atom stereocenters. The highest BCUT2D eigenvalue weighted by Gasteiger charge is 2.13. The van der Waals surface area contributed by atoms with Crippen molar-refractivity contribution < 1.29 is 9.47 Å². The summed E-state index contributed by atoms with van der Waals surface area (Å²) in [6.45, 7) is 0.322. The summed E-state index contributed by atoms with van der Waals surface area (Å²) in [7, 11) is 0. The lowest BCUT2D eigenvalue weighted by Gasteiger charge is -2.03. The Kier molecular flexibility index (Phi) is 2.08. The first kappa shape index (κ1) is 9.97. The first-order chi connectivity index (χ1) is 8.90. The van der Waals surface area contributed by atoms with Crippen LogP contribution in [0, 0.1) is 0 Å². The number of hydrogen-bond acceptors (Lipinski definition) is 3. The van der Waals surface area contributed by atoms with Gasteiger partial charge in [0.1, 0.15) is 0 Å². The fourth-order valence-electron chi connectivity index (χ4n) is 2.22. The number of fused-ring (bicyclic) bond motifs is 2. The van der Waals surface area contributed by atoms with Crippen molar-refractivity contribution in [3.63, 3.8) is 0 Å². The summed E-state index contributed by atoms with van der Waals surface area (Å²) in [5.74, 6) is 1.66. The third-order valence-electron chi connectivity index (χ3n) is 3.16. The Balaban J connectivity index is 1.86. The molecule has 1 aliphatic rings. The molecular weight excluding hydrogens is 244 g/mol. The monoisotopic (exact) mass is 254 g/mol. The Morgan fingerprint density at radius 1 is 0.833 bits per heavy atom. The molecule has 0 fully saturated rings. The average molecular weight is 254 g/mol. The molecule has 0 radical (unpaired) electrons. The van der Waals surface area contributed by atoms with E-state index in [2.05, 4.69) is 35.7 Å². The van der Waals surface area contributed by atoms with Crippen molar-refractivity contribution in [3.05, 3.63) is 47.8 Å². The number of ether oxygens (including phenoxy) is 2. The molecule has 0 spiro atoms. The van der Waals surface area contributed by atoms with E-state index < -0.39 is 0 Å². The molecule has 0 unspecified atom stereocenters. The van der Waals surface area contributed by atoms with Crippen LogP contribution in [0.1, 0.15) is 0 Å². The van der Waals surface area contributed by atoms with Gasteiger partial charge in [0, 0.05) is 4.70 Å². The molecule has 2 heterocycles. The Morgan fingerprint density at radius 3 is 2.67 bits per heavy atom. The Hall–Kier alpha value is -2.00. The van der Waals surface area contributed by atoms with Gasteiger partial charge in [0.2, 0.25) is 6.79 Å². The lowest BCUT2D eigenvalue weighted by molar-refractivity contribution is 0.174. The van der Waals surface area contributed by atoms with Crippen molar-refractivity contribution in [2.75, 3.05) is 6.79 Å². The Morgan fingerprint density at radius 2 is 1.67 bits per heavy atom. The summed E-state index contributed by atoms with van der Waals surface area (Å²) in [6, 6.07) is 14.8. The van der Waals surface area contributed by atoms with Crippen LogP contribution in [0.3, 0.4) is 0 Å². The van der Waals surface area contributed by atoms with Crippen LogP contribution in [0.2, 0.25) is 0 Å². The minimum absolute atomic E-state index is 0.322. The first-order valence-electron chi connectivity index (χ1n) is 5.77. The third kappa shape index (κ3) is 1.48. The van der Waals surface area contributed by atoms with Gasteiger partial charge in [0.15, 0.2) is 11.5 Å². The molecule has 0 amide bonds. The van der Waals surface area contributed by atoms with Crippen LogP contribution in [0.15, 0.2) is 47.8 Å². The zero-order valence-corrected chi connectivity index (χ0v) is 10.4. The highest BCUT2D eigenvalue weighted by Crippen LogP contribution is 2.36. The van der Waals surface area contributed by atoms with Crippen molar-refractivity contribution in [2.45, 2.75) is 0 Å². The van der Waals surface area contributed by atoms with Crippen LogP contribution >= 0.6 is 11.3 Å². The first-order valence-corrected chi connectivity index (χ1v) is 6.65. The molecule has 3 aromatic rings. The third-order valence-corrected chi connectivity index (χ3v) is 4.06. The summed E-state index contributed by atoms with van der Waals surface area (Å²) in [4.78, 5) is 0. The lowest BCUT2D eigenvalue weighted by atomic mass is 10.0. The Bertz CT molecular complexity index is 730. The number of benzene rings is 2. The molecule has 1 aromatic heterocycles. The van der Waals surface area contributed by atoms with Gasteiger partial charge in [-0.15, -0.1) is 11.3 Å². The normalized spacial score (nSPS) is 13.1. The molecule has 0 N–H and O–H groups in total. The largest absolute Gasteiger partial charge is 0.454 e. The van der Waals surface area contributed by atoms with Gasteiger partial charge in [-0.3, -0.25) is 0 Å². The summed E-state index contributed by atoms with van der Waals surface area (Å²) < 4.78 is 12.1. The van der Waals surface area contributed by atoms with Crippen LogP contribution in [0.5, 0.6) is 11.5 Å². The molecule has 18 heavy (non-hydrogen) atoms. The fourth-order valence-corrected chi connectivity index (χ4v) is 2.99. The van der Waals surface area contributed by atoms with Crippen molar-refractivity contribution in [3.8, 4) is 22.6 Å². The van der Waals surface area contributed by atoms with E-state index in [-0.39, 0.29) is 0 Å². The second-order valence-corrected chi connectivity index (χ2v) is 5.19.